The van der Waals surface area contributed by atoms with Crippen molar-refractivity contribution in [2.75, 3.05) is 4.90 Å². The highest BCUT2D eigenvalue weighted by Gasteiger charge is 2.59. The molecule has 3 aromatic rings. The van der Waals surface area contributed by atoms with E-state index in [1.54, 1.807) is 29.3 Å². The average Bonchev–Trinajstić information content (AvgIpc) is 3.25. The lowest BCUT2D eigenvalue weighted by Gasteiger charge is -2.27. The number of imide groups is 1. The van der Waals surface area contributed by atoms with Crippen LogP contribution in [-0.4, -0.2) is 23.0 Å². The van der Waals surface area contributed by atoms with Gasteiger partial charge in [-0.2, -0.15) is 5.06 Å². The summed E-state index contributed by atoms with van der Waals surface area (Å²) in [7, 11) is 0. The van der Waals surface area contributed by atoms with E-state index < -0.39 is 12.0 Å². The highest BCUT2D eigenvalue weighted by atomic mass is 35.5. The second kappa shape index (κ2) is 7.69. The molecule has 3 atom stereocenters. The lowest BCUT2D eigenvalue weighted by molar-refractivity contribution is -0.177. The van der Waals surface area contributed by atoms with E-state index in [4.69, 9.17) is 16.4 Å². The second-order valence-electron chi connectivity index (χ2n) is 7.46. The highest BCUT2D eigenvalue weighted by molar-refractivity contribution is 6.31. The van der Waals surface area contributed by atoms with Crippen LogP contribution in [-0.2, 0) is 21.0 Å². The Bertz CT molecular complexity index is 1070. The lowest BCUT2D eigenvalue weighted by atomic mass is 9.90. The van der Waals surface area contributed by atoms with Gasteiger partial charge in [0, 0.05) is 11.6 Å². The van der Waals surface area contributed by atoms with Crippen molar-refractivity contribution in [2.45, 2.75) is 18.7 Å². The summed E-state index contributed by atoms with van der Waals surface area (Å²) in [5, 5.41) is 2.32. The fraction of sp³-hybridized carbons (Fsp3) is 0.167. The number of hydrogen-bond donors (Lipinski definition) is 0. The van der Waals surface area contributed by atoms with Crippen molar-refractivity contribution < 1.29 is 14.4 Å². The highest BCUT2D eigenvalue weighted by Crippen LogP contribution is 2.46. The molecule has 0 spiro atoms. The van der Waals surface area contributed by atoms with E-state index in [1.165, 1.54) is 4.90 Å². The SMILES string of the molecule is O=C1[C@@H]2[C@@H](ON(Cc3ccccc3)[C@H]2c2ccccc2)C(=O)N1c1ccc(Cl)cc1. The van der Waals surface area contributed by atoms with Gasteiger partial charge in [-0.25, -0.2) is 4.90 Å². The monoisotopic (exact) mass is 418 g/mol. The van der Waals surface area contributed by atoms with Crippen LogP contribution in [0.3, 0.4) is 0 Å². The van der Waals surface area contributed by atoms with Crippen molar-refractivity contribution in [1.29, 1.82) is 0 Å². The fourth-order valence-corrected chi connectivity index (χ4v) is 4.36. The molecule has 0 aromatic heterocycles. The minimum absolute atomic E-state index is 0.253. The Balaban J connectivity index is 1.51. The zero-order valence-corrected chi connectivity index (χ0v) is 16.8. The topological polar surface area (TPSA) is 49.9 Å². The van der Waals surface area contributed by atoms with Crippen molar-refractivity contribution in [2.24, 2.45) is 5.92 Å². The molecular weight excluding hydrogens is 400 g/mol. The van der Waals surface area contributed by atoms with Gasteiger partial charge in [0.05, 0.1) is 17.6 Å². The number of hydrogen-bond acceptors (Lipinski definition) is 4. The number of hydroxylamine groups is 2. The van der Waals surface area contributed by atoms with Crippen molar-refractivity contribution in [3.05, 3.63) is 101 Å². The Labute approximate surface area is 179 Å². The summed E-state index contributed by atoms with van der Waals surface area (Å²) in [4.78, 5) is 33.9. The first-order chi connectivity index (χ1) is 14.6. The molecule has 5 rings (SSSR count). The van der Waals surface area contributed by atoms with Crippen molar-refractivity contribution in [3.63, 3.8) is 0 Å². The van der Waals surface area contributed by atoms with Crippen molar-refractivity contribution >= 4 is 29.1 Å². The molecule has 150 valence electrons. The largest absolute Gasteiger partial charge is 0.284 e. The van der Waals surface area contributed by atoms with E-state index in [2.05, 4.69) is 0 Å². The molecule has 2 fully saturated rings. The summed E-state index contributed by atoms with van der Waals surface area (Å²) in [6.07, 6.45) is -0.845. The van der Waals surface area contributed by atoms with E-state index in [9.17, 15) is 9.59 Å². The third kappa shape index (κ3) is 3.21. The van der Waals surface area contributed by atoms with Crippen LogP contribution in [0.25, 0.3) is 0 Å². The first-order valence-corrected chi connectivity index (χ1v) is 10.2. The minimum Gasteiger partial charge on any atom is -0.284 e. The molecule has 30 heavy (non-hydrogen) atoms. The Morgan fingerprint density at radius 1 is 0.800 bits per heavy atom. The minimum atomic E-state index is -0.845. The number of carbonyl (C=O) groups excluding carboxylic acids is 2. The zero-order valence-electron chi connectivity index (χ0n) is 16.0. The van der Waals surface area contributed by atoms with Crippen LogP contribution in [0.5, 0.6) is 0 Å². The van der Waals surface area contributed by atoms with Crippen LogP contribution in [0, 0.1) is 5.92 Å². The predicted octanol–water partition coefficient (Wildman–Crippen LogP) is 4.39. The van der Waals surface area contributed by atoms with Gasteiger partial charge in [-0.3, -0.25) is 14.4 Å². The van der Waals surface area contributed by atoms with Gasteiger partial charge in [-0.05, 0) is 35.4 Å². The number of benzene rings is 3. The number of fused-ring (bicyclic) bond motifs is 1. The number of anilines is 1. The summed E-state index contributed by atoms with van der Waals surface area (Å²) in [5.41, 5.74) is 2.50. The molecule has 6 heteroatoms. The van der Waals surface area contributed by atoms with Crippen LogP contribution < -0.4 is 4.90 Å². The molecule has 0 saturated carbocycles. The molecule has 5 nitrogen and oxygen atoms in total. The molecule has 2 saturated heterocycles. The van der Waals surface area contributed by atoms with E-state index in [1.807, 2.05) is 60.7 Å². The Kier molecular flexibility index (Phi) is 4.87. The molecule has 0 N–H and O–H groups in total. The number of carbonyl (C=O) groups is 2. The van der Waals surface area contributed by atoms with Gasteiger partial charge in [0.2, 0.25) is 5.91 Å². The molecular formula is C24H19ClN2O3. The molecule has 0 radical (unpaired) electrons. The summed E-state index contributed by atoms with van der Waals surface area (Å²) in [5.74, 6) is -1.21. The maximum atomic E-state index is 13.4. The number of halogens is 1. The number of amides is 2. The van der Waals surface area contributed by atoms with Gasteiger partial charge < -0.3 is 0 Å². The van der Waals surface area contributed by atoms with E-state index in [-0.39, 0.29) is 17.9 Å². The molecule has 0 bridgehead atoms. The van der Waals surface area contributed by atoms with Crippen LogP contribution in [0.4, 0.5) is 5.69 Å². The lowest BCUT2D eigenvalue weighted by Crippen LogP contribution is -2.37. The molecule has 2 heterocycles. The summed E-state index contributed by atoms with van der Waals surface area (Å²) < 4.78 is 0. The van der Waals surface area contributed by atoms with Gasteiger partial charge in [-0.15, -0.1) is 0 Å². The number of nitrogens with zero attached hydrogens (tertiary/aromatic N) is 2. The normalized spacial score (nSPS) is 23.8. The Hall–Kier alpha value is -2.99. The van der Waals surface area contributed by atoms with Crippen molar-refractivity contribution in [1.82, 2.24) is 5.06 Å². The predicted molar refractivity (Wildman–Crippen MR) is 113 cm³/mol. The third-order valence-electron chi connectivity index (χ3n) is 5.60. The van der Waals surface area contributed by atoms with E-state index >= 15 is 0 Å². The summed E-state index contributed by atoms with van der Waals surface area (Å²) in [6, 6.07) is 26.0. The Morgan fingerprint density at radius 3 is 2.10 bits per heavy atom. The molecule has 2 aliphatic heterocycles. The van der Waals surface area contributed by atoms with Crippen LogP contribution >= 0.6 is 11.6 Å². The summed E-state index contributed by atoms with van der Waals surface area (Å²) >= 11 is 5.97. The van der Waals surface area contributed by atoms with Crippen LogP contribution in [0.15, 0.2) is 84.9 Å². The van der Waals surface area contributed by atoms with Crippen LogP contribution in [0.1, 0.15) is 17.2 Å². The Morgan fingerprint density at radius 2 is 1.43 bits per heavy atom. The van der Waals surface area contributed by atoms with Gasteiger partial charge in [-0.1, -0.05) is 72.3 Å². The van der Waals surface area contributed by atoms with E-state index in [0.29, 0.717) is 17.3 Å². The van der Waals surface area contributed by atoms with Crippen molar-refractivity contribution in [3.8, 4) is 0 Å². The standard InChI is InChI=1S/C24H19ClN2O3/c25-18-11-13-19(14-12-18)27-23(28)20-21(17-9-5-2-6-10-17)26(30-22(20)24(27)29)15-16-7-3-1-4-8-16/h1-14,20-22H,15H2/t20-,21-,22+/m0/s1. The summed E-state index contributed by atoms with van der Waals surface area (Å²) in [6.45, 7) is 0.481. The molecule has 0 aliphatic carbocycles. The van der Waals surface area contributed by atoms with Gasteiger partial charge in [0.25, 0.3) is 5.91 Å². The molecule has 3 aromatic carbocycles. The molecule has 0 unspecified atom stereocenters. The third-order valence-corrected chi connectivity index (χ3v) is 5.85. The zero-order chi connectivity index (χ0) is 20.7. The van der Waals surface area contributed by atoms with Crippen LogP contribution in [0.2, 0.25) is 5.02 Å². The molecule has 2 aliphatic rings. The maximum Gasteiger partial charge on any atom is 0.265 e. The van der Waals surface area contributed by atoms with Gasteiger partial charge in [0.1, 0.15) is 0 Å². The quantitative estimate of drug-likeness (QED) is 0.590. The fourth-order valence-electron chi connectivity index (χ4n) is 4.24. The smallest absolute Gasteiger partial charge is 0.265 e. The molecule has 2 amide bonds. The maximum absolute atomic E-state index is 13.4. The van der Waals surface area contributed by atoms with Gasteiger partial charge >= 0.3 is 0 Å². The van der Waals surface area contributed by atoms with Gasteiger partial charge in [0.15, 0.2) is 6.10 Å². The number of rotatable bonds is 4. The first-order valence-electron chi connectivity index (χ1n) is 9.79. The first kappa shape index (κ1) is 19.0. The average molecular weight is 419 g/mol. The van der Waals surface area contributed by atoms with E-state index in [0.717, 1.165) is 11.1 Å². The second-order valence-corrected chi connectivity index (χ2v) is 7.89.